The third-order valence-electron chi connectivity index (χ3n) is 3.07. The van der Waals surface area contributed by atoms with Gasteiger partial charge in [0.15, 0.2) is 5.96 Å². The number of ether oxygens (including phenoxy) is 2. The van der Waals surface area contributed by atoms with Gasteiger partial charge in [0.1, 0.15) is 0 Å². The van der Waals surface area contributed by atoms with E-state index < -0.39 is 0 Å². The lowest BCUT2D eigenvalue weighted by Gasteiger charge is -2.21. The van der Waals surface area contributed by atoms with Crippen LogP contribution in [-0.4, -0.2) is 63.4 Å². The Morgan fingerprint density at radius 1 is 1.36 bits per heavy atom. The number of aromatic nitrogens is 1. The minimum absolute atomic E-state index is 0.659. The van der Waals surface area contributed by atoms with E-state index in [1.54, 1.807) is 25.5 Å². The maximum absolute atomic E-state index is 5.44. The number of aliphatic imine (C=N–C) groups is 1. The van der Waals surface area contributed by atoms with Gasteiger partial charge in [0, 0.05) is 39.7 Å². The van der Waals surface area contributed by atoms with Crippen molar-refractivity contribution in [3.8, 4) is 0 Å². The first-order chi connectivity index (χ1) is 10.7. The summed E-state index contributed by atoms with van der Waals surface area (Å²) in [7, 11) is 5.51. The van der Waals surface area contributed by atoms with Crippen LogP contribution in [0.3, 0.4) is 0 Å². The lowest BCUT2D eigenvalue weighted by molar-refractivity contribution is 0.0689. The summed E-state index contributed by atoms with van der Waals surface area (Å²) in [5, 5.41) is 6.56. The van der Waals surface area contributed by atoms with E-state index in [9.17, 15) is 0 Å². The van der Waals surface area contributed by atoms with Gasteiger partial charge in [0.05, 0.1) is 30.5 Å². The highest BCUT2D eigenvalue weighted by Gasteiger charge is 2.08. The average Bonchev–Trinajstić information content (AvgIpc) is 2.90. The van der Waals surface area contributed by atoms with Crippen molar-refractivity contribution in [1.29, 1.82) is 0 Å². The first-order valence-corrected chi connectivity index (χ1v) is 8.44. The number of methoxy groups -OCH3 is 1. The third-order valence-corrected chi connectivity index (χ3v) is 3.89. The number of hydrogen-bond acceptors (Lipinski definition) is 5. The highest BCUT2D eigenvalue weighted by molar-refractivity contribution is 7.09. The fourth-order valence-electron chi connectivity index (χ4n) is 1.96. The van der Waals surface area contributed by atoms with Crippen molar-refractivity contribution >= 4 is 17.3 Å². The Hall–Kier alpha value is -1.18. The SMILES string of the molecule is CN=C(NCCCCOCCOC)N(C)Cc1csc(C)n1. The molecule has 1 aromatic rings. The van der Waals surface area contributed by atoms with Crippen LogP contribution in [0.2, 0.25) is 0 Å². The van der Waals surface area contributed by atoms with Gasteiger partial charge in [0.25, 0.3) is 0 Å². The molecular weight excluding hydrogens is 300 g/mol. The zero-order chi connectivity index (χ0) is 16.2. The summed E-state index contributed by atoms with van der Waals surface area (Å²) >= 11 is 1.68. The standard InChI is InChI=1S/C15H28N4O2S/c1-13-18-14(12-22-13)11-19(3)15(16-2)17-7-5-6-8-21-10-9-20-4/h12H,5-11H2,1-4H3,(H,16,17). The number of nitrogens with one attached hydrogen (secondary N) is 1. The van der Waals surface area contributed by atoms with Crippen LogP contribution in [0.5, 0.6) is 0 Å². The van der Waals surface area contributed by atoms with E-state index in [2.05, 4.69) is 25.6 Å². The molecule has 0 spiro atoms. The van der Waals surface area contributed by atoms with Crippen molar-refractivity contribution in [2.45, 2.75) is 26.3 Å². The van der Waals surface area contributed by atoms with Gasteiger partial charge in [-0.25, -0.2) is 4.98 Å². The predicted octanol–water partition coefficient (Wildman–Crippen LogP) is 1.90. The molecule has 0 bridgehead atoms. The third kappa shape index (κ3) is 7.72. The molecule has 0 aliphatic heterocycles. The molecule has 0 saturated carbocycles. The minimum Gasteiger partial charge on any atom is -0.382 e. The molecule has 1 N–H and O–H groups in total. The summed E-state index contributed by atoms with van der Waals surface area (Å²) in [6.07, 6.45) is 2.08. The average molecular weight is 328 g/mol. The van der Waals surface area contributed by atoms with Crippen molar-refractivity contribution in [1.82, 2.24) is 15.2 Å². The molecule has 0 aliphatic carbocycles. The molecule has 0 unspecified atom stereocenters. The Morgan fingerprint density at radius 3 is 2.82 bits per heavy atom. The molecule has 0 fully saturated rings. The summed E-state index contributed by atoms with van der Waals surface area (Å²) in [5.41, 5.74) is 1.08. The van der Waals surface area contributed by atoms with E-state index in [-0.39, 0.29) is 0 Å². The van der Waals surface area contributed by atoms with E-state index in [0.29, 0.717) is 13.2 Å². The van der Waals surface area contributed by atoms with Crippen LogP contribution in [0.4, 0.5) is 0 Å². The molecule has 1 aromatic heterocycles. The molecule has 0 amide bonds. The van der Waals surface area contributed by atoms with Gasteiger partial charge in [0.2, 0.25) is 0 Å². The van der Waals surface area contributed by atoms with Gasteiger partial charge in [-0.3, -0.25) is 4.99 Å². The second kappa shape index (κ2) is 11.4. The van der Waals surface area contributed by atoms with Gasteiger partial charge in [-0.2, -0.15) is 0 Å². The molecule has 0 aliphatic rings. The molecule has 6 nitrogen and oxygen atoms in total. The first kappa shape index (κ1) is 18.9. The summed E-state index contributed by atoms with van der Waals surface area (Å²) in [5.74, 6) is 0.894. The molecule has 1 heterocycles. The van der Waals surface area contributed by atoms with E-state index in [4.69, 9.17) is 9.47 Å². The molecule has 0 aromatic carbocycles. The lowest BCUT2D eigenvalue weighted by atomic mass is 10.3. The van der Waals surface area contributed by atoms with Crippen LogP contribution in [0.25, 0.3) is 0 Å². The molecular formula is C15H28N4O2S. The van der Waals surface area contributed by atoms with Crippen molar-refractivity contribution in [2.24, 2.45) is 4.99 Å². The smallest absolute Gasteiger partial charge is 0.193 e. The molecule has 0 radical (unpaired) electrons. The fourth-order valence-corrected chi connectivity index (χ4v) is 2.56. The van der Waals surface area contributed by atoms with Gasteiger partial charge in [-0.15, -0.1) is 11.3 Å². The van der Waals surface area contributed by atoms with Crippen LogP contribution >= 0.6 is 11.3 Å². The number of aryl methyl sites for hydroxylation is 1. The molecule has 1 rings (SSSR count). The highest BCUT2D eigenvalue weighted by Crippen LogP contribution is 2.09. The van der Waals surface area contributed by atoms with Crippen LogP contribution in [0.1, 0.15) is 23.5 Å². The zero-order valence-electron chi connectivity index (χ0n) is 14.1. The summed E-state index contributed by atoms with van der Waals surface area (Å²) in [6.45, 7) is 5.78. The number of guanidine groups is 1. The number of hydrogen-bond donors (Lipinski definition) is 1. The predicted molar refractivity (Wildman–Crippen MR) is 91.6 cm³/mol. The first-order valence-electron chi connectivity index (χ1n) is 7.56. The Labute approximate surface area is 137 Å². The minimum atomic E-state index is 0.659. The van der Waals surface area contributed by atoms with Crippen LogP contribution in [0.15, 0.2) is 10.4 Å². The van der Waals surface area contributed by atoms with Crippen molar-refractivity contribution in [3.63, 3.8) is 0 Å². The number of thiazole rings is 1. The molecule has 126 valence electrons. The topological polar surface area (TPSA) is 59.0 Å². The van der Waals surface area contributed by atoms with Crippen LogP contribution in [-0.2, 0) is 16.0 Å². The molecule has 7 heteroatoms. The Balaban J connectivity index is 2.16. The van der Waals surface area contributed by atoms with Crippen molar-refractivity contribution in [2.75, 3.05) is 47.6 Å². The largest absolute Gasteiger partial charge is 0.382 e. The van der Waals surface area contributed by atoms with Crippen LogP contribution in [0, 0.1) is 6.92 Å². The van der Waals surface area contributed by atoms with E-state index in [1.807, 2.05) is 14.0 Å². The normalized spacial score (nSPS) is 11.7. The summed E-state index contributed by atoms with van der Waals surface area (Å²) < 4.78 is 10.4. The van der Waals surface area contributed by atoms with Crippen molar-refractivity contribution < 1.29 is 9.47 Å². The van der Waals surface area contributed by atoms with Gasteiger partial charge < -0.3 is 19.7 Å². The maximum Gasteiger partial charge on any atom is 0.193 e. The Bertz CT molecular complexity index is 437. The quantitative estimate of drug-likeness (QED) is 0.404. The van der Waals surface area contributed by atoms with E-state index in [1.165, 1.54) is 0 Å². The Morgan fingerprint density at radius 2 is 2.18 bits per heavy atom. The Kier molecular flexibility index (Phi) is 9.77. The maximum atomic E-state index is 5.44. The number of rotatable bonds is 10. The molecule has 0 atom stereocenters. The van der Waals surface area contributed by atoms with Gasteiger partial charge in [-0.05, 0) is 19.8 Å². The summed E-state index contributed by atoms with van der Waals surface area (Å²) in [4.78, 5) is 10.9. The summed E-state index contributed by atoms with van der Waals surface area (Å²) in [6, 6.07) is 0. The van der Waals surface area contributed by atoms with Crippen LogP contribution < -0.4 is 5.32 Å². The number of unbranched alkanes of at least 4 members (excludes halogenated alkanes) is 1. The molecule has 0 saturated heterocycles. The molecule has 22 heavy (non-hydrogen) atoms. The van der Waals surface area contributed by atoms with E-state index >= 15 is 0 Å². The second-order valence-corrected chi connectivity index (χ2v) is 6.06. The lowest BCUT2D eigenvalue weighted by Crippen LogP contribution is -2.39. The van der Waals surface area contributed by atoms with Crippen molar-refractivity contribution in [3.05, 3.63) is 16.1 Å². The number of nitrogens with zero attached hydrogens (tertiary/aromatic N) is 3. The zero-order valence-corrected chi connectivity index (χ0v) is 14.9. The second-order valence-electron chi connectivity index (χ2n) is 5.00. The van der Waals surface area contributed by atoms with Gasteiger partial charge >= 0.3 is 0 Å². The fraction of sp³-hybridized carbons (Fsp3) is 0.733. The van der Waals surface area contributed by atoms with E-state index in [0.717, 1.165) is 49.2 Å². The highest BCUT2D eigenvalue weighted by atomic mass is 32.1. The monoisotopic (exact) mass is 328 g/mol. The van der Waals surface area contributed by atoms with Gasteiger partial charge in [-0.1, -0.05) is 0 Å².